The summed E-state index contributed by atoms with van der Waals surface area (Å²) >= 11 is 12.7. The number of nitrogen functional groups attached to an aromatic ring is 1. The predicted molar refractivity (Wildman–Crippen MR) is 124 cm³/mol. The van der Waals surface area contributed by atoms with E-state index in [9.17, 15) is 0 Å². The third-order valence-electron chi connectivity index (χ3n) is 5.98. The van der Waals surface area contributed by atoms with Gasteiger partial charge in [-0.1, -0.05) is 29.3 Å². The molecule has 1 fully saturated rings. The normalized spacial score (nSPS) is 15.7. The van der Waals surface area contributed by atoms with Gasteiger partial charge >= 0.3 is 0 Å². The molecule has 0 atom stereocenters. The quantitative estimate of drug-likeness (QED) is 0.489. The Morgan fingerprint density at radius 2 is 1.84 bits per heavy atom. The maximum atomic E-state index is 6.36. The van der Waals surface area contributed by atoms with E-state index in [0.717, 1.165) is 48.1 Å². The van der Waals surface area contributed by atoms with Gasteiger partial charge in [0, 0.05) is 39.1 Å². The van der Waals surface area contributed by atoms with Gasteiger partial charge in [-0.25, -0.2) is 0 Å². The van der Waals surface area contributed by atoms with E-state index in [4.69, 9.17) is 28.9 Å². The smallest absolute Gasteiger partial charge is 0.172 e. The van der Waals surface area contributed by atoms with Crippen molar-refractivity contribution in [2.75, 3.05) is 25.9 Å². The van der Waals surface area contributed by atoms with Crippen molar-refractivity contribution in [1.82, 2.24) is 29.4 Å². The first-order chi connectivity index (χ1) is 15.0. The van der Waals surface area contributed by atoms with E-state index in [2.05, 4.69) is 38.0 Å². The Kier molecular flexibility index (Phi) is 5.33. The number of benzene rings is 1. The van der Waals surface area contributed by atoms with Crippen LogP contribution in [0.1, 0.15) is 24.4 Å². The monoisotopic (exact) mass is 455 g/mol. The van der Waals surface area contributed by atoms with Gasteiger partial charge in [0.15, 0.2) is 5.82 Å². The second kappa shape index (κ2) is 8.15. The molecule has 0 aliphatic carbocycles. The zero-order chi connectivity index (χ0) is 21.5. The van der Waals surface area contributed by atoms with Crippen LogP contribution in [0.25, 0.3) is 22.2 Å². The fraction of sp³-hybridized carbons (Fsp3) is 0.318. The summed E-state index contributed by atoms with van der Waals surface area (Å²) in [5.74, 6) is 0.381. The average Bonchev–Trinajstić information content (AvgIpc) is 3.37. The zero-order valence-corrected chi connectivity index (χ0v) is 18.7. The molecule has 2 N–H and O–H groups in total. The van der Waals surface area contributed by atoms with Crippen molar-refractivity contribution in [2.45, 2.75) is 25.4 Å². The van der Waals surface area contributed by atoms with Crippen molar-refractivity contribution in [2.24, 2.45) is 0 Å². The highest BCUT2D eigenvalue weighted by atomic mass is 35.5. The molecule has 9 heteroatoms. The fourth-order valence-corrected chi connectivity index (χ4v) is 4.65. The van der Waals surface area contributed by atoms with Gasteiger partial charge in [-0.3, -0.25) is 14.3 Å². The van der Waals surface area contributed by atoms with Crippen LogP contribution in [0.2, 0.25) is 10.0 Å². The molecule has 7 nitrogen and oxygen atoms in total. The number of hydrogen-bond donors (Lipinski definition) is 1. The summed E-state index contributed by atoms with van der Waals surface area (Å²) in [6.45, 7) is 2.60. The molecule has 1 aliphatic heterocycles. The summed E-state index contributed by atoms with van der Waals surface area (Å²) in [6, 6.07) is 7.94. The lowest BCUT2D eigenvalue weighted by Crippen LogP contribution is -2.31. The number of halogens is 2. The molecular weight excluding hydrogens is 433 g/mol. The SMILES string of the molecule is CN1CCC(n2cc(-c3cnc4c(N)nn(Cc5c(Cl)cccc5Cl)c4c3)cn2)CC1. The predicted octanol–water partition coefficient (Wildman–Crippen LogP) is 4.50. The van der Waals surface area contributed by atoms with Crippen LogP contribution in [0.4, 0.5) is 5.82 Å². The topological polar surface area (TPSA) is 77.8 Å². The molecule has 0 amide bonds. The first-order valence-corrected chi connectivity index (χ1v) is 11.0. The summed E-state index contributed by atoms with van der Waals surface area (Å²) in [7, 11) is 2.16. The summed E-state index contributed by atoms with van der Waals surface area (Å²) in [6.07, 6.45) is 8.04. The van der Waals surface area contributed by atoms with E-state index < -0.39 is 0 Å². The van der Waals surface area contributed by atoms with E-state index in [0.29, 0.717) is 34.0 Å². The summed E-state index contributed by atoms with van der Waals surface area (Å²) in [4.78, 5) is 6.93. The van der Waals surface area contributed by atoms with E-state index in [-0.39, 0.29) is 0 Å². The number of hydrogen-bond acceptors (Lipinski definition) is 5. The lowest BCUT2D eigenvalue weighted by Gasteiger charge is -2.28. The van der Waals surface area contributed by atoms with Gasteiger partial charge in [-0.15, -0.1) is 0 Å². The number of pyridine rings is 1. The van der Waals surface area contributed by atoms with Gasteiger partial charge in [0.1, 0.15) is 5.52 Å². The largest absolute Gasteiger partial charge is 0.380 e. The van der Waals surface area contributed by atoms with Crippen molar-refractivity contribution in [3.05, 3.63) is 58.5 Å². The van der Waals surface area contributed by atoms with Crippen LogP contribution in [0, 0.1) is 0 Å². The van der Waals surface area contributed by atoms with Crippen molar-refractivity contribution in [1.29, 1.82) is 0 Å². The van der Waals surface area contributed by atoms with Crippen LogP contribution in [0.3, 0.4) is 0 Å². The first kappa shape index (κ1) is 20.3. The molecule has 160 valence electrons. The van der Waals surface area contributed by atoms with Gasteiger partial charge < -0.3 is 10.6 Å². The van der Waals surface area contributed by atoms with Crippen LogP contribution in [-0.2, 0) is 6.54 Å². The van der Waals surface area contributed by atoms with Gasteiger partial charge in [0.2, 0.25) is 0 Å². The maximum Gasteiger partial charge on any atom is 0.172 e. The molecule has 1 aromatic carbocycles. The van der Waals surface area contributed by atoms with Gasteiger partial charge in [0.05, 0.1) is 24.3 Å². The highest BCUT2D eigenvalue weighted by Gasteiger charge is 2.20. The van der Waals surface area contributed by atoms with E-state index in [1.807, 2.05) is 36.7 Å². The Bertz CT molecular complexity index is 1220. The van der Waals surface area contributed by atoms with E-state index >= 15 is 0 Å². The second-order valence-electron chi connectivity index (χ2n) is 8.08. The molecule has 3 aromatic heterocycles. The maximum absolute atomic E-state index is 6.36. The van der Waals surface area contributed by atoms with Crippen LogP contribution >= 0.6 is 23.2 Å². The molecule has 0 unspecified atom stereocenters. The van der Waals surface area contributed by atoms with Crippen molar-refractivity contribution >= 4 is 40.1 Å². The molecule has 4 aromatic rings. The third-order valence-corrected chi connectivity index (χ3v) is 6.69. The first-order valence-electron chi connectivity index (χ1n) is 10.3. The van der Waals surface area contributed by atoms with Gasteiger partial charge in [-0.05, 0) is 51.2 Å². The Labute approximate surface area is 190 Å². The summed E-state index contributed by atoms with van der Waals surface area (Å²) in [5, 5.41) is 10.3. The minimum atomic E-state index is 0.381. The highest BCUT2D eigenvalue weighted by molar-refractivity contribution is 6.36. The Morgan fingerprint density at radius 3 is 2.58 bits per heavy atom. The van der Waals surface area contributed by atoms with Crippen molar-refractivity contribution in [3.63, 3.8) is 0 Å². The van der Waals surface area contributed by atoms with E-state index in [1.54, 1.807) is 4.68 Å². The molecule has 1 aliphatic rings. The number of aromatic nitrogens is 5. The molecule has 4 heterocycles. The van der Waals surface area contributed by atoms with Crippen molar-refractivity contribution < 1.29 is 0 Å². The molecular formula is C22H23Cl2N7. The fourth-order valence-electron chi connectivity index (χ4n) is 4.14. The van der Waals surface area contributed by atoms with Crippen molar-refractivity contribution in [3.8, 4) is 11.1 Å². The molecule has 31 heavy (non-hydrogen) atoms. The molecule has 0 saturated carbocycles. The molecule has 0 spiro atoms. The van der Waals surface area contributed by atoms with Gasteiger partial charge in [-0.2, -0.15) is 10.2 Å². The number of fused-ring (bicyclic) bond motifs is 1. The molecule has 1 saturated heterocycles. The summed E-state index contributed by atoms with van der Waals surface area (Å²) < 4.78 is 3.89. The average molecular weight is 456 g/mol. The number of likely N-dealkylation sites (tertiary alicyclic amines) is 1. The Morgan fingerprint density at radius 1 is 1.10 bits per heavy atom. The Hall–Kier alpha value is -2.61. The molecule has 0 radical (unpaired) electrons. The highest BCUT2D eigenvalue weighted by Crippen LogP contribution is 2.30. The third kappa shape index (κ3) is 3.89. The molecule has 0 bridgehead atoms. The van der Waals surface area contributed by atoms with Gasteiger partial charge in [0.25, 0.3) is 0 Å². The standard InChI is InChI=1S/C22H23Cl2N7/c1-29-7-5-16(6-8-29)30-12-15(11-27-30)14-9-20-21(26-10-14)22(25)28-31(20)13-17-18(23)3-2-4-19(17)24/h2-4,9-12,16H,5-8,13H2,1H3,(H2,25,28). The molecule has 5 rings (SSSR count). The number of piperidine rings is 1. The summed E-state index contributed by atoms with van der Waals surface area (Å²) in [5.41, 5.74) is 10.4. The van der Waals surface area contributed by atoms with Crippen LogP contribution in [0.5, 0.6) is 0 Å². The van der Waals surface area contributed by atoms with Crippen LogP contribution < -0.4 is 5.73 Å². The minimum Gasteiger partial charge on any atom is -0.380 e. The van der Waals surface area contributed by atoms with E-state index in [1.165, 1.54) is 0 Å². The lowest BCUT2D eigenvalue weighted by atomic mass is 10.1. The number of anilines is 1. The van der Waals surface area contributed by atoms with Crippen LogP contribution in [-0.4, -0.2) is 49.6 Å². The van der Waals surface area contributed by atoms with Crippen LogP contribution in [0.15, 0.2) is 42.9 Å². The number of nitrogens with two attached hydrogens (primary N) is 1. The lowest BCUT2D eigenvalue weighted by molar-refractivity contribution is 0.212. The second-order valence-corrected chi connectivity index (χ2v) is 8.89. The Balaban J connectivity index is 1.48. The minimum absolute atomic E-state index is 0.381. The zero-order valence-electron chi connectivity index (χ0n) is 17.2. The number of rotatable bonds is 4. The number of nitrogens with zero attached hydrogens (tertiary/aromatic N) is 6.